The Morgan fingerprint density at radius 1 is 1.03 bits per heavy atom. The van der Waals surface area contributed by atoms with Gasteiger partial charge in [-0.2, -0.15) is 0 Å². The Morgan fingerprint density at radius 3 is 2.44 bits per heavy atom. The molecule has 6 heteroatoms. The molecule has 4 rings (SSSR count). The van der Waals surface area contributed by atoms with Gasteiger partial charge in [-0.25, -0.2) is 0 Å². The Hall–Kier alpha value is -3.77. The Kier molecular flexibility index (Phi) is 7.50. The number of aliphatic hydroxyl groups excluding tert-OH is 1. The lowest BCUT2D eigenvalue weighted by Crippen LogP contribution is -2.41. The Labute approximate surface area is 200 Å². The molecule has 0 aliphatic carbocycles. The van der Waals surface area contributed by atoms with Crippen LogP contribution in [-0.2, 0) is 4.79 Å². The number of fused-ring (bicyclic) bond motifs is 1. The van der Waals surface area contributed by atoms with E-state index in [1.54, 1.807) is 14.0 Å². The van der Waals surface area contributed by atoms with Crippen molar-refractivity contribution in [3.05, 3.63) is 96.2 Å². The molecule has 0 spiro atoms. The summed E-state index contributed by atoms with van der Waals surface area (Å²) in [5, 5.41) is 14.2. The van der Waals surface area contributed by atoms with Gasteiger partial charge in [-0.05, 0) is 48.4 Å². The maximum absolute atomic E-state index is 13.0. The predicted molar refractivity (Wildman–Crippen MR) is 136 cm³/mol. The molecule has 6 nitrogen and oxygen atoms in total. The number of carbonyl (C=O) groups excluding carboxylic acids is 1. The summed E-state index contributed by atoms with van der Waals surface area (Å²) in [6.07, 6.45) is 1.47. The van der Waals surface area contributed by atoms with Gasteiger partial charge in [-0.1, -0.05) is 48.5 Å². The lowest BCUT2D eigenvalue weighted by Gasteiger charge is -2.26. The summed E-state index contributed by atoms with van der Waals surface area (Å²) in [7, 11) is 1.65. The number of nitrogens with one attached hydrogen (secondary N) is 2. The van der Waals surface area contributed by atoms with Crippen LogP contribution in [0.15, 0.2) is 85.1 Å². The zero-order valence-electron chi connectivity index (χ0n) is 19.6. The number of aliphatic hydroxyl groups is 1. The average Bonchev–Trinajstić information content (AvgIpc) is 3.28. The van der Waals surface area contributed by atoms with Crippen molar-refractivity contribution in [1.29, 1.82) is 0 Å². The van der Waals surface area contributed by atoms with Gasteiger partial charge in [0.2, 0.25) is 5.91 Å². The van der Waals surface area contributed by atoms with Crippen molar-refractivity contribution in [2.75, 3.05) is 31.6 Å². The van der Waals surface area contributed by atoms with E-state index in [1.807, 2.05) is 77.8 Å². The van der Waals surface area contributed by atoms with E-state index >= 15 is 0 Å². The first-order valence-corrected chi connectivity index (χ1v) is 11.5. The third kappa shape index (κ3) is 5.58. The molecular formula is C28H31N3O3. The molecule has 4 aromatic rings. The maximum Gasteiger partial charge on any atom is 0.239 e. The average molecular weight is 458 g/mol. The van der Waals surface area contributed by atoms with E-state index in [4.69, 9.17) is 4.74 Å². The van der Waals surface area contributed by atoms with Crippen molar-refractivity contribution in [2.45, 2.75) is 18.9 Å². The van der Waals surface area contributed by atoms with Gasteiger partial charge in [0.15, 0.2) is 0 Å². The number of hydrogen-bond acceptors (Lipinski definition) is 4. The molecule has 2 unspecified atom stereocenters. The van der Waals surface area contributed by atoms with Crippen molar-refractivity contribution in [3.63, 3.8) is 0 Å². The molecule has 3 N–H and O–H groups in total. The van der Waals surface area contributed by atoms with Gasteiger partial charge in [0.1, 0.15) is 5.75 Å². The normalized spacial score (nSPS) is 12.8. The summed E-state index contributed by atoms with van der Waals surface area (Å²) < 4.78 is 5.32. The minimum atomic E-state index is -0.550. The highest BCUT2D eigenvalue weighted by Crippen LogP contribution is 2.31. The highest BCUT2D eigenvalue weighted by molar-refractivity contribution is 5.85. The first kappa shape index (κ1) is 23.4. The Morgan fingerprint density at radius 2 is 1.74 bits per heavy atom. The van der Waals surface area contributed by atoms with E-state index < -0.39 is 6.10 Å². The first-order chi connectivity index (χ1) is 16.5. The number of H-pyrrole nitrogens is 1. The largest absolute Gasteiger partial charge is 0.497 e. The molecule has 1 aromatic heterocycles. The van der Waals surface area contributed by atoms with Crippen LogP contribution < -0.4 is 15.0 Å². The van der Waals surface area contributed by atoms with Crippen LogP contribution >= 0.6 is 0 Å². The quantitative estimate of drug-likeness (QED) is 0.332. The lowest BCUT2D eigenvalue weighted by molar-refractivity contribution is -0.119. The van der Waals surface area contributed by atoms with Crippen molar-refractivity contribution in [3.8, 4) is 5.75 Å². The number of nitrogens with zero attached hydrogens (tertiary/aromatic N) is 1. The summed E-state index contributed by atoms with van der Waals surface area (Å²) in [5.41, 5.74) is 4.19. The summed E-state index contributed by atoms with van der Waals surface area (Å²) in [4.78, 5) is 18.3. The van der Waals surface area contributed by atoms with Gasteiger partial charge < -0.3 is 25.0 Å². The van der Waals surface area contributed by atoms with Crippen LogP contribution in [0.4, 0.5) is 5.69 Å². The number of benzene rings is 3. The Balaban J connectivity index is 1.54. The number of methoxy groups -OCH3 is 1. The van der Waals surface area contributed by atoms with E-state index in [-0.39, 0.29) is 18.4 Å². The second-order valence-electron chi connectivity index (χ2n) is 8.48. The zero-order valence-corrected chi connectivity index (χ0v) is 19.6. The molecule has 0 saturated heterocycles. The van der Waals surface area contributed by atoms with Crippen LogP contribution in [0.1, 0.15) is 24.0 Å². The number of para-hydroxylation sites is 2. The molecular weight excluding hydrogens is 426 g/mol. The van der Waals surface area contributed by atoms with Crippen LogP contribution in [0, 0.1) is 0 Å². The molecule has 0 aliphatic rings. The van der Waals surface area contributed by atoms with Crippen molar-refractivity contribution in [1.82, 2.24) is 10.3 Å². The predicted octanol–water partition coefficient (Wildman–Crippen LogP) is 4.31. The van der Waals surface area contributed by atoms with Crippen molar-refractivity contribution < 1.29 is 14.6 Å². The minimum Gasteiger partial charge on any atom is -0.497 e. The third-order valence-corrected chi connectivity index (χ3v) is 5.96. The van der Waals surface area contributed by atoms with Crippen molar-refractivity contribution in [2.24, 2.45) is 0 Å². The number of amides is 1. The van der Waals surface area contributed by atoms with Gasteiger partial charge >= 0.3 is 0 Å². The summed E-state index contributed by atoms with van der Waals surface area (Å²) >= 11 is 0. The molecule has 0 fully saturated rings. The number of rotatable bonds is 10. The molecule has 0 aliphatic heterocycles. The van der Waals surface area contributed by atoms with E-state index in [9.17, 15) is 9.90 Å². The van der Waals surface area contributed by atoms with E-state index in [1.165, 1.54) is 0 Å². The second kappa shape index (κ2) is 10.9. The monoisotopic (exact) mass is 457 g/mol. The maximum atomic E-state index is 13.0. The fourth-order valence-corrected chi connectivity index (χ4v) is 4.29. The second-order valence-corrected chi connectivity index (χ2v) is 8.48. The molecule has 0 bridgehead atoms. The number of carbonyl (C=O) groups is 1. The molecule has 34 heavy (non-hydrogen) atoms. The van der Waals surface area contributed by atoms with Crippen LogP contribution in [0.2, 0.25) is 0 Å². The number of anilines is 1. The van der Waals surface area contributed by atoms with Crippen LogP contribution in [0.25, 0.3) is 10.9 Å². The van der Waals surface area contributed by atoms with E-state index in [0.29, 0.717) is 13.1 Å². The van der Waals surface area contributed by atoms with Gasteiger partial charge in [-0.15, -0.1) is 0 Å². The molecule has 1 heterocycles. The van der Waals surface area contributed by atoms with Gasteiger partial charge in [-0.3, -0.25) is 4.79 Å². The standard InChI is InChI=1S/C28H31N3O3/c1-20(32)18-31(22-8-4-3-5-9-22)19-28(33)30-16-25(21-12-14-23(34-2)15-13-21)26-17-29-27-11-7-6-10-24(26)27/h3-15,17,20,25,29,32H,16,18-19H2,1-2H3,(H,30,33). The number of hydrogen-bond donors (Lipinski definition) is 3. The lowest BCUT2D eigenvalue weighted by atomic mass is 9.90. The third-order valence-electron chi connectivity index (χ3n) is 5.96. The van der Waals surface area contributed by atoms with Crippen LogP contribution in [0.3, 0.4) is 0 Å². The van der Waals surface area contributed by atoms with Gasteiger partial charge in [0.25, 0.3) is 0 Å². The molecule has 1 amide bonds. The van der Waals surface area contributed by atoms with E-state index in [2.05, 4.69) is 22.4 Å². The van der Waals surface area contributed by atoms with Gasteiger partial charge in [0.05, 0.1) is 19.8 Å². The summed E-state index contributed by atoms with van der Waals surface area (Å²) in [5.74, 6) is 0.665. The molecule has 2 atom stereocenters. The smallest absolute Gasteiger partial charge is 0.239 e. The molecule has 176 valence electrons. The topological polar surface area (TPSA) is 77.6 Å². The summed E-state index contributed by atoms with van der Waals surface area (Å²) in [6, 6.07) is 25.8. The zero-order chi connectivity index (χ0) is 23.9. The Bertz CT molecular complexity index is 1200. The van der Waals surface area contributed by atoms with Gasteiger partial charge in [0, 0.05) is 41.8 Å². The highest BCUT2D eigenvalue weighted by atomic mass is 16.5. The number of aromatic amines is 1. The van der Waals surface area contributed by atoms with Crippen LogP contribution in [-0.4, -0.2) is 48.8 Å². The SMILES string of the molecule is COc1ccc(C(CNC(=O)CN(CC(C)O)c2ccccc2)c2c[nH]c3ccccc23)cc1. The van der Waals surface area contributed by atoms with E-state index in [0.717, 1.165) is 33.5 Å². The fourth-order valence-electron chi connectivity index (χ4n) is 4.29. The van der Waals surface area contributed by atoms with Crippen molar-refractivity contribution >= 4 is 22.5 Å². The molecule has 3 aromatic carbocycles. The van der Waals surface area contributed by atoms with Crippen LogP contribution in [0.5, 0.6) is 5.75 Å². The summed E-state index contributed by atoms with van der Waals surface area (Å²) in [6.45, 7) is 2.72. The number of ether oxygens (including phenoxy) is 1. The fraction of sp³-hybridized carbons (Fsp3) is 0.250. The minimum absolute atomic E-state index is 0.0343. The first-order valence-electron chi connectivity index (χ1n) is 11.5. The molecule has 0 saturated carbocycles. The highest BCUT2D eigenvalue weighted by Gasteiger charge is 2.20. The molecule has 0 radical (unpaired) electrons. The number of aromatic nitrogens is 1.